The van der Waals surface area contributed by atoms with Crippen LogP contribution in [-0.2, 0) is 4.79 Å². The molecule has 2 aromatic carbocycles. The lowest BCUT2D eigenvalue weighted by molar-refractivity contribution is -0.123. The molecule has 33 heavy (non-hydrogen) atoms. The minimum Gasteiger partial charge on any atom is -0.497 e. The number of benzene rings is 2. The van der Waals surface area contributed by atoms with E-state index in [4.69, 9.17) is 4.74 Å². The first kappa shape index (κ1) is 24.0. The molecule has 8 heteroatoms. The normalized spacial score (nSPS) is 10.9. The topological polar surface area (TPSA) is 96.5 Å². The molecule has 1 aromatic heterocycles. The van der Waals surface area contributed by atoms with E-state index >= 15 is 0 Å². The van der Waals surface area contributed by atoms with Gasteiger partial charge in [0, 0.05) is 17.2 Å². The number of carbonyl (C=O) groups is 3. The Morgan fingerprint density at radius 2 is 1.61 bits per heavy atom. The number of nitrogens with one attached hydrogen (secondary N) is 3. The highest BCUT2D eigenvalue weighted by Gasteiger charge is 2.23. The van der Waals surface area contributed by atoms with E-state index in [9.17, 15) is 14.4 Å². The molecule has 172 valence electrons. The second-order valence-electron chi connectivity index (χ2n) is 8.51. The maximum atomic E-state index is 13.0. The van der Waals surface area contributed by atoms with Crippen LogP contribution in [0.25, 0.3) is 0 Å². The highest BCUT2D eigenvalue weighted by atomic mass is 32.1. The second-order valence-corrected chi connectivity index (χ2v) is 9.56. The molecule has 0 aliphatic heterocycles. The Balaban J connectivity index is 1.77. The van der Waals surface area contributed by atoms with Crippen LogP contribution in [-0.4, -0.2) is 24.8 Å². The van der Waals surface area contributed by atoms with E-state index in [1.165, 1.54) is 11.3 Å². The predicted octanol–water partition coefficient (Wildman–Crippen LogP) is 5.55. The summed E-state index contributed by atoms with van der Waals surface area (Å²) in [7, 11) is 1.55. The average molecular weight is 466 g/mol. The summed E-state index contributed by atoms with van der Waals surface area (Å²) in [6.07, 6.45) is 0. The van der Waals surface area contributed by atoms with Crippen LogP contribution in [0.15, 0.2) is 54.6 Å². The molecule has 0 bridgehead atoms. The summed E-state index contributed by atoms with van der Waals surface area (Å²) in [4.78, 5) is 38.6. The fourth-order valence-electron chi connectivity index (χ4n) is 2.94. The van der Waals surface area contributed by atoms with Crippen molar-refractivity contribution in [2.45, 2.75) is 27.7 Å². The lowest BCUT2D eigenvalue weighted by Gasteiger charge is -2.16. The zero-order valence-corrected chi connectivity index (χ0v) is 20.1. The third-order valence-corrected chi connectivity index (χ3v) is 5.94. The molecule has 0 fully saturated rings. The lowest BCUT2D eigenvalue weighted by Crippen LogP contribution is -2.27. The van der Waals surface area contributed by atoms with Gasteiger partial charge in [-0.3, -0.25) is 14.4 Å². The Kier molecular flexibility index (Phi) is 7.18. The Morgan fingerprint density at radius 1 is 0.879 bits per heavy atom. The van der Waals surface area contributed by atoms with Gasteiger partial charge in [-0.1, -0.05) is 39.0 Å². The average Bonchev–Trinajstić information content (AvgIpc) is 3.13. The minimum atomic E-state index is -0.546. The summed E-state index contributed by atoms with van der Waals surface area (Å²) in [5, 5.41) is 9.10. The molecule has 0 aliphatic rings. The van der Waals surface area contributed by atoms with Gasteiger partial charge in [-0.05, 0) is 42.8 Å². The van der Waals surface area contributed by atoms with Crippen molar-refractivity contribution in [3.63, 3.8) is 0 Å². The van der Waals surface area contributed by atoms with E-state index in [0.717, 1.165) is 5.56 Å². The van der Waals surface area contributed by atoms with E-state index in [-0.39, 0.29) is 17.7 Å². The fourth-order valence-corrected chi connectivity index (χ4v) is 3.90. The third-order valence-electron chi connectivity index (χ3n) is 4.79. The highest BCUT2D eigenvalue weighted by Crippen LogP contribution is 2.30. The molecule has 1 heterocycles. The molecule has 7 nitrogen and oxygen atoms in total. The second kappa shape index (κ2) is 9.87. The molecule has 3 amide bonds. The first-order valence-corrected chi connectivity index (χ1v) is 11.2. The molecule has 0 radical (unpaired) electrons. The van der Waals surface area contributed by atoms with E-state index in [2.05, 4.69) is 16.0 Å². The summed E-state index contributed by atoms with van der Waals surface area (Å²) >= 11 is 1.19. The SMILES string of the molecule is COc1cccc(NC(=O)c2ccccc2NC(=O)c2sc(NC(=O)C(C)(C)C)cc2C)c1. The number of thiophene rings is 1. The molecule has 0 spiro atoms. The number of para-hydroxylation sites is 1. The van der Waals surface area contributed by atoms with Crippen LogP contribution in [0.4, 0.5) is 16.4 Å². The predicted molar refractivity (Wildman–Crippen MR) is 132 cm³/mol. The van der Waals surface area contributed by atoms with Gasteiger partial charge < -0.3 is 20.7 Å². The highest BCUT2D eigenvalue weighted by molar-refractivity contribution is 7.18. The number of anilines is 3. The summed E-state index contributed by atoms with van der Waals surface area (Å²) < 4.78 is 5.19. The molecule has 3 rings (SSSR count). The van der Waals surface area contributed by atoms with Crippen LogP contribution >= 0.6 is 11.3 Å². The van der Waals surface area contributed by atoms with Crippen LogP contribution in [0, 0.1) is 12.3 Å². The summed E-state index contributed by atoms with van der Waals surface area (Å²) in [6, 6.07) is 15.6. The minimum absolute atomic E-state index is 0.129. The van der Waals surface area contributed by atoms with Gasteiger partial charge in [-0.2, -0.15) is 0 Å². The zero-order valence-electron chi connectivity index (χ0n) is 19.2. The molecule has 0 unspecified atom stereocenters. The Bertz CT molecular complexity index is 1190. The Labute approximate surface area is 197 Å². The number of amides is 3. The first-order valence-electron chi connectivity index (χ1n) is 10.4. The number of ether oxygens (including phenoxy) is 1. The number of rotatable bonds is 6. The van der Waals surface area contributed by atoms with Crippen molar-refractivity contribution in [1.82, 2.24) is 0 Å². The maximum absolute atomic E-state index is 13.0. The molecule has 0 saturated carbocycles. The van der Waals surface area contributed by atoms with Gasteiger partial charge in [-0.25, -0.2) is 0 Å². The van der Waals surface area contributed by atoms with Crippen molar-refractivity contribution in [2.24, 2.45) is 5.41 Å². The van der Waals surface area contributed by atoms with Crippen molar-refractivity contribution in [3.05, 3.63) is 70.6 Å². The van der Waals surface area contributed by atoms with Crippen molar-refractivity contribution in [2.75, 3.05) is 23.1 Å². The Hall–Kier alpha value is -3.65. The van der Waals surface area contributed by atoms with Gasteiger partial charge in [0.15, 0.2) is 0 Å². The van der Waals surface area contributed by atoms with Gasteiger partial charge in [0.2, 0.25) is 5.91 Å². The molecule has 3 aromatic rings. The van der Waals surface area contributed by atoms with E-state index in [1.54, 1.807) is 68.6 Å². The number of carbonyl (C=O) groups excluding carboxylic acids is 3. The van der Waals surface area contributed by atoms with Crippen LogP contribution in [0.2, 0.25) is 0 Å². The summed E-state index contributed by atoms with van der Waals surface area (Å²) in [5.41, 5.74) is 1.48. The fraction of sp³-hybridized carbons (Fsp3) is 0.240. The quantitative estimate of drug-likeness (QED) is 0.444. The van der Waals surface area contributed by atoms with Gasteiger partial charge in [0.1, 0.15) is 5.75 Å². The van der Waals surface area contributed by atoms with Gasteiger partial charge in [-0.15, -0.1) is 11.3 Å². The molecule has 0 atom stereocenters. The molecule has 3 N–H and O–H groups in total. The molecular formula is C25H27N3O4S. The van der Waals surface area contributed by atoms with Crippen LogP contribution < -0.4 is 20.7 Å². The summed E-state index contributed by atoms with van der Waals surface area (Å²) in [5.74, 6) is -0.220. The number of hydrogen-bond acceptors (Lipinski definition) is 5. The smallest absolute Gasteiger partial charge is 0.266 e. The van der Waals surface area contributed by atoms with E-state index in [0.29, 0.717) is 32.6 Å². The largest absolute Gasteiger partial charge is 0.497 e. The standard InChI is InChI=1S/C25H27N3O4S/c1-15-13-20(28-24(31)25(2,3)4)33-21(15)23(30)27-19-12-7-6-11-18(19)22(29)26-16-9-8-10-17(14-16)32-5/h6-14H,1-5H3,(H,26,29)(H,27,30)(H,28,31). The number of aryl methyl sites for hydroxylation is 1. The van der Waals surface area contributed by atoms with Gasteiger partial charge in [0.05, 0.1) is 28.2 Å². The van der Waals surface area contributed by atoms with Crippen molar-refractivity contribution in [3.8, 4) is 5.75 Å². The monoisotopic (exact) mass is 465 g/mol. The first-order chi connectivity index (χ1) is 15.6. The third kappa shape index (κ3) is 5.98. The van der Waals surface area contributed by atoms with Gasteiger partial charge >= 0.3 is 0 Å². The summed E-state index contributed by atoms with van der Waals surface area (Å²) in [6.45, 7) is 7.28. The molecule has 0 aliphatic carbocycles. The van der Waals surface area contributed by atoms with Crippen LogP contribution in [0.5, 0.6) is 5.75 Å². The van der Waals surface area contributed by atoms with Crippen molar-refractivity contribution >= 4 is 45.4 Å². The maximum Gasteiger partial charge on any atom is 0.266 e. The van der Waals surface area contributed by atoms with Crippen molar-refractivity contribution < 1.29 is 19.1 Å². The van der Waals surface area contributed by atoms with Crippen LogP contribution in [0.3, 0.4) is 0 Å². The van der Waals surface area contributed by atoms with Crippen molar-refractivity contribution in [1.29, 1.82) is 0 Å². The lowest BCUT2D eigenvalue weighted by atomic mass is 9.96. The Morgan fingerprint density at radius 3 is 2.30 bits per heavy atom. The van der Waals surface area contributed by atoms with E-state index < -0.39 is 5.41 Å². The molecule has 0 saturated heterocycles. The molecular weight excluding hydrogens is 438 g/mol. The number of hydrogen-bond donors (Lipinski definition) is 3. The van der Waals surface area contributed by atoms with Crippen LogP contribution in [0.1, 0.15) is 46.4 Å². The van der Waals surface area contributed by atoms with E-state index in [1.807, 2.05) is 20.8 Å². The zero-order chi connectivity index (χ0) is 24.2. The number of methoxy groups -OCH3 is 1. The van der Waals surface area contributed by atoms with Gasteiger partial charge in [0.25, 0.3) is 11.8 Å².